The first-order chi connectivity index (χ1) is 22.2. The standard InChI is InChI=1S/C38H43F2NO6/c1-7-8-25(41(5)6)16-22(2)15-23-9-11-24(12-10-23)34-46-33-19-27-28-18-30(39)29-17-26(43)13-14-35(29,3)37(28,40)31(44)20-36(27,4)38(33,47-34)32(45)21-42/h1,8-14,16-17,27-28,30-31,33-34,42,44H,15,18-21H2,2-6H3/b22-16+,25-8+/t27-,28-,30-,31-,33+,34-,35-,36-,37-,38+/m0/s1. The molecular weight excluding hydrogens is 604 g/mol. The molecule has 0 bridgehead atoms. The van der Waals surface area contributed by atoms with E-state index in [4.69, 9.17) is 15.9 Å². The highest BCUT2D eigenvalue weighted by molar-refractivity contribution is 6.01. The Morgan fingerprint density at radius 1 is 1.19 bits per heavy atom. The Morgan fingerprint density at radius 2 is 1.89 bits per heavy atom. The van der Waals surface area contributed by atoms with Crippen LogP contribution in [0.25, 0.3) is 0 Å². The molecule has 6 rings (SSSR count). The van der Waals surface area contributed by atoms with Crippen LogP contribution in [0.15, 0.2) is 71.5 Å². The third-order valence-corrected chi connectivity index (χ3v) is 11.8. The SMILES string of the molecule is C#C/C=C(\C=C(/C)Cc1ccc([C@H]2O[C@@H]3C[C@H]4[C@@H]5C[C@H](F)C6=CC(=O)C=C[C@]6(C)[C@@]5(F)[C@@H](O)C[C@]4(C)[C@]3(C(=O)CO)O2)cc1)N(C)C. The molecular formula is C38H43F2NO6. The van der Waals surface area contributed by atoms with Gasteiger partial charge < -0.3 is 24.6 Å². The third kappa shape index (κ3) is 4.74. The van der Waals surface area contributed by atoms with Crippen molar-refractivity contribution < 1.29 is 38.1 Å². The Labute approximate surface area is 275 Å². The molecule has 9 heteroatoms. The number of carbonyl (C=O) groups excluding carboxylic acids is 2. The maximum absolute atomic E-state index is 17.6. The predicted octanol–water partition coefficient (Wildman–Crippen LogP) is 4.90. The molecule has 1 aromatic carbocycles. The van der Waals surface area contributed by atoms with Crippen LogP contribution in [0.4, 0.5) is 8.78 Å². The number of alkyl halides is 2. The quantitative estimate of drug-likeness (QED) is 0.321. The summed E-state index contributed by atoms with van der Waals surface area (Å²) in [6.45, 7) is 4.51. The van der Waals surface area contributed by atoms with Crippen LogP contribution in [-0.2, 0) is 25.5 Å². The number of allylic oxidation sites excluding steroid dienone is 7. The van der Waals surface area contributed by atoms with Crippen LogP contribution in [0, 0.1) is 35.0 Å². The van der Waals surface area contributed by atoms with Crippen LogP contribution in [0.3, 0.4) is 0 Å². The van der Waals surface area contributed by atoms with Crippen LogP contribution in [0.5, 0.6) is 0 Å². The van der Waals surface area contributed by atoms with Gasteiger partial charge in [-0.1, -0.05) is 48.8 Å². The minimum Gasteiger partial charge on any atom is -0.390 e. The van der Waals surface area contributed by atoms with E-state index in [1.54, 1.807) is 13.0 Å². The zero-order valence-corrected chi connectivity index (χ0v) is 27.5. The van der Waals surface area contributed by atoms with Gasteiger partial charge in [0, 0.05) is 48.2 Å². The van der Waals surface area contributed by atoms with Gasteiger partial charge in [0.15, 0.2) is 29.1 Å². The number of hydrogen-bond donors (Lipinski definition) is 2. The number of carbonyl (C=O) groups is 2. The topological polar surface area (TPSA) is 96.3 Å². The highest BCUT2D eigenvalue weighted by atomic mass is 19.1. The fraction of sp³-hybridized carbons (Fsp3) is 0.526. The summed E-state index contributed by atoms with van der Waals surface area (Å²) in [4.78, 5) is 27.8. The lowest BCUT2D eigenvalue weighted by atomic mass is 9.44. The Hall–Kier alpha value is -3.42. The van der Waals surface area contributed by atoms with Crippen molar-refractivity contribution in [2.75, 3.05) is 20.7 Å². The van der Waals surface area contributed by atoms with Gasteiger partial charge in [0.2, 0.25) is 0 Å². The van der Waals surface area contributed by atoms with Gasteiger partial charge in [-0.25, -0.2) is 8.78 Å². The number of hydrogen-bond acceptors (Lipinski definition) is 7. The van der Waals surface area contributed by atoms with E-state index in [2.05, 4.69) is 5.92 Å². The minimum atomic E-state index is -2.30. The lowest BCUT2D eigenvalue weighted by Gasteiger charge is -2.63. The van der Waals surface area contributed by atoms with E-state index in [-0.39, 0.29) is 24.8 Å². The molecule has 2 N–H and O–H groups in total. The van der Waals surface area contributed by atoms with Crippen LogP contribution in [0.1, 0.15) is 57.5 Å². The van der Waals surface area contributed by atoms with E-state index >= 15 is 8.78 Å². The maximum Gasteiger partial charge on any atom is 0.193 e. The second-order valence-corrected chi connectivity index (χ2v) is 14.5. The smallest absolute Gasteiger partial charge is 0.193 e. The summed E-state index contributed by atoms with van der Waals surface area (Å²) in [5.41, 5.74) is -2.91. The van der Waals surface area contributed by atoms with Crippen molar-refractivity contribution in [1.29, 1.82) is 0 Å². The van der Waals surface area contributed by atoms with Gasteiger partial charge in [0.25, 0.3) is 0 Å². The number of ketones is 2. The Balaban J connectivity index is 1.29. The van der Waals surface area contributed by atoms with Gasteiger partial charge in [-0.2, -0.15) is 0 Å². The molecule has 7 nitrogen and oxygen atoms in total. The van der Waals surface area contributed by atoms with Crippen LogP contribution >= 0.6 is 0 Å². The highest BCUT2D eigenvalue weighted by Gasteiger charge is 2.80. The largest absolute Gasteiger partial charge is 0.390 e. The normalized spacial score (nSPS) is 40.9. The first-order valence-electron chi connectivity index (χ1n) is 16.2. The zero-order chi connectivity index (χ0) is 34.1. The fourth-order valence-electron chi connectivity index (χ4n) is 9.52. The number of halogens is 2. The summed E-state index contributed by atoms with van der Waals surface area (Å²) in [6, 6.07) is 7.66. The summed E-state index contributed by atoms with van der Waals surface area (Å²) >= 11 is 0. The molecule has 10 atom stereocenters. The lowest BCUT2D eigenvalue weighted by Crippen LogP contribution is -2.70. The van der Waals surface area contributed by atoms with Gasteiger partial charge in [0.05, 0.1) is 12.2 Å². The molecule has 4 aliphatic carbocycles. The Bertz CT molecular complexity index is 1640. The molecule has 1 heterocycles. The van der Waals surface area contributed by atoms with Crippen molar-refractivity contribution in [2.45, 2.75) is 82.4 Å². The van der Waals surface area contributed by atoms with E-state index in [0.29, 0.717) is 12.0 Å². The van der Waals surface area contributed by atoms with Gasteiger partial charge in [-0.3, -0.25) is 9.59 Å². The van der Waals surface area contributed by atoms with Crippen LogP contribution < -0.4 is 0 Å². The van der Waals surface area contributed by atoms with E-state index < -0.39 is 76.8 Å². The van der Waals surface area contributed by atoms with Gasteiger partial charge in [0.1, 0.15) is 12.8 Å². The average Bonchev–Trinajstić information content (AvgIpc) is 3.52. The van der Waals surface area contributed by atoms with E-state index in [0.717, 1.165) is 22.9 Å². The number of terminal acetylenes is 1. The Kier molecular flexibility index (Phi) is 8.28. The molecule has 3 saturated carbocycles. The number of benzene rings is 1. The maximum atomic E-state index is 17.6. The number of aliphatic hydroxyl groups excluding tert-OH is 2. The first kappa shape index (κ1) is 33.5. The van der Waals surface area contributed by atoms with E-state index in [1.165, 1.54) is 19.1 Å². The molecule has 250 valence electrons. The molecule has 1 aromatic rings. The van der Waals surface area contributed by atoms with Crippen LogP contribution in [0.2, 0.25) is 0 Å². The van der Waals surface area contributed by atoms with Crippen molar-refractivity contribution in [3.63, 3.8) is 0 Å². The summed E-state index contributed by atoms with van der Waals surface area (Å²) in [5.74, 6) is -0.0572. The summed E-state index contributed by atoms with van der Waals surface area (Å²) in [7, 11) is 3.85. The predicted molar refractivity (Wildman–Crippen MR) is 172 cm³/mol. The molecule has 47 heavy (non-hydrogen) atoms. The molecule has 0 aromatic heterocycles. The summed E-state index contributed by atoms with van der Waals surface area (Å²) in [5, 5.41) is 21.9. The summed E-state index contributed by atoms with van der Waals surface area (Å²) in [6.07, 6.45) is 8.44. The van der Waals surface area contributed by atoms with Gasteiger partial charge in [-0.05, 0) is 74.8 Å². The second-order valence-electron chi connectivity index (χ2n) is 14.5. The van der Waals surface area contributed by atoms with Crippen molar-refractivity contribution in [1.82, 2.24) is 4.90 Å². The van der Waals surface area contributed by atoms with Crippen molar-refractivity contribution in [3.8, 4) is 12.3 Å². The van der Waals surface area contributed by atoms with Crippen LogP contribution in [-0.4, -0.2) is 77.0 Å². The lowest BCUT2D eigenvalue weighted by molar-refractivity contribution is -0.235. The second kappa shape index (κ2) is 11.6. The zero-order valence-electron chi connectivity index (χ0n) is 27.5. The molecule has 0 spiro atoms. The average molecular weight is 648 g/mol. The van der Waals surface area contributed by atoms with Crippen molar-refractivity contribution in [3.05, 3.63) is 82.6 Å². The number of likely N-dealkylation sites (N-methyl/N-ethyl adjacent to an activating group) is 1. The highest BCUT2D eigenvalue weighted by Crippen LogP contribution is 2.72. The van der Waals surface area contributed by atoms with E-state index in [9.17, 15) is 19.8 Å². The summed E-state index contributed by atoms with van der Waals surface area (Å²) < 4.78 is 46.4. The number of ether oxygens (including phenoxy) is 2. The number of nitrogens with zero attached hydrogens (tertiary/aromatic N) is 1. The molecule has 1 aliphatic heterocycles. The molecule has 5 aliphatic rings. The molecule has 0 amide bonds. The van der Waals surface area contributed by atoms with Crippen molar-refractivity contribution >= 4 is 11.6 Å². The van der Waals surface area contributed by atoms with Gasteiger partial charge >= 0.3 is 0 Å². The molecule has 0 unspecified atom stereocenters. The number of Topliss-reactive ketones (excluding diaryl/α,β-unsaturated/α-hetero) is 1. The molecule has 1 saturated heterocycles. The monoisotopic (exact) mass is 647 g/mol. The number of fused-ring (bicyclic) bond motifs is 7. The van der Waals surface area contributed by atoms with Gasteiger partial charge in [-0.15, -0.1) is 6.42 Å². The molecule has 4 fully saturated rings. The van der Waals surface area contributed by atoms with E-state index in [1.807, 2.05) is 56.3 Å². The number of rotatable bonds is 7. The first-order valence-corrected chi connectivity index (χ1v) is 16.2. The Morgan fingerprint density at radius 3 is 2.53 bits per heavy atom. The fourth-order valence-corrected chi connectivity index (χ4v) is 9.52. The third-order valence-electron chi connectivity index (χ3n) is 11.8. The van der Waals surface area contributed by atoms with Crippen molar-refractivity contribution in [2.24, 2.45) is 22.7 Å². The minimum absolute atomic E-state index is 0.0367. The number of aliphatic hydroxyl groups is 2. The molecule has 0 radical (unpaired) electrons.